The Balaban J connectivity index is 1.41. The van der Waals surface area contributed by atoms with E-state index in [0.29, 0.717) is 24.0 Å². The van der Waals surface area contributed by atoms with Gasteiger partial charge in [0.05, 0.1) is 11.8 Å². The summed E-state index contributed by atoms with van der Waals surface area (Å²) in [7, 11) is 1.80. The van der Waals surface area contributed by atoms with E-state index in [1.54, 1.807) is 36.1 Å². The highest BCUT2D eigenvalue weighted by Gasteiger charge is 2.34. The van der Waals surface area contributed by atoms with Gasteiger partial charge in [-0.05, 0) is 36.5 Å². The van der Waals surface area contributed by atoms with Gasteiger partial charge in [0.1, 0.15) is 11.9 Å². The molecular weight excluding hydrogens is 309 g/mol. The average molecular weight is 325 g/mol. The lowest BCUT2D eigenvalue weighted by atomic mass is 9.77. The van der Waals surface area contributed by atoms with Crippen LogP contribution in [0.15, 0.2) is 42.7 Å². The number of nitrogens with zero attached hydrogens (tertiary/aromatic N) is 3. The van der Waals surface area contributed by atoms with Gasteiger partial charge < -0.3 is 4.74 Å². The summed E-state index contributed by atoms with van der Waals surface area (Å²) in [4.78, 5) is 16.5. The normalized spacial score (nSPS) is 19.9. The summed E-state index contributed by atoms with van der Waals surface area (Å²) in [6.45, 7) is 0. The Morgan fingerprint density at radius 2 is 2.08 bits per heavy atom. The Hall–Kier alpha value is -2.76. The van der Waals surface area contributed by atoms with E-state index in [1.807, 2.05) is 6.07 Å². The van der Waals surface area contributed by atoms with Crippen molar-refractivity contribution in [3.05, 3.63) is 59.7 Å². The van der Waals surface area contributed by atoms with Gasteiger partial charge in [0.25, 0.3) is 0 Å². The number of fused-ring (bicyclic) bond motifs is 1. The van der Waals surface area contributed by atoms with Crippen molar-refractivity contribution < 1.29 is 13.9 Å². The van der Waals surface area contributed by atoms with Gasteiger partial charge in [-0.1, -0.05) is 18.2 Å². The minimum absolute atomic E-state index is 0.114. The molecule has 3 aromatic rings. The minimum atomic E-state index is -0.398. The van der Waals surface area contributed by atoms with E-state index < -0.39 is 5.97 Å². The van der Waals surface area contributed by atoms with Crippen molar-refractivity contribution in [1.82, 2.24) is 14.8 Å². The van der Waals surface area contributed by atoms with Crippen LogP contribution >= 0.6 is 0 Å². The Labute approximate surface area is 138 Å². The first-order valence-electron chi connectivity index (χ1n) is 7.85. The van der Waals surface area contributed by atoms with Crippen LogP contribution in [0.1, 0.15) is 34.7 Å². The highest BCUT2D eigenvalue weighted by molar-refractivity contribution is 5.93. The molecule has 24 heavy (non-hydrogen) atoms. The highest BCUT2D eigenvalue weighted by atomic mass is 19.1. The molecule has 122 valence electrons. The molecule has 1 aliphatic rings. The maximum Gasteiger partial charge on any atom is 0.340 e. The van der Waals surface area contributed by atoms with Gasteiger partial charge in [-0.25, -0.2) is 14.2 Å². The molecule has 1 fully saturated rings. The smallest absolute Gasteiger partial charge is 0.340 e. The van der Waals surface area contributed by atoms with E-state index in [2.05, 4.69) is 10.1 Å². The van der Waals surface area contributed by atoms with Crippen LogP contribution < -0.4 is 0 Å². The van der Waals surface area contributed by atoms with Gasteiger partial charge in [-0.3, -0.25) is 4.68 Å². The van der Waals surface area contributed by atoms with Crippen LogP contribution in [0.3, 0.4) is 0 Å². The quantitative estimate of drug-likeness (QED) is 0.694. The molecule has 0 spiro atoms. The van der Waals surface area contributed by atoms with E-state index in [1.165, 1.54) is 12.3 Å². The van der Waals surface area contributed by atoms with Gasteiger partial charge in [-0.2, -0.15) is 5.10 Å². The molecular formula is C18H16FN3O2. The van der Waals surface area contributed by atoms with Crippen molar-refractivity contribution in [3.63, 3.8) is 0 Å². The minimum Gasteiger partial charge on any atom is -0.459 e. The summed E-state index contributed by atoms with van der Waals surface area (Å²) >= 11 is 0. The van der Waals surface area contributed by atoms with Crippen LogP contribution in [-0.4, -0.2) is 26.8 Å². The van der Waals surface area contributed by atoms with Crippen LogP contribution in [-0.2, 0) is 11.8 Å². The first-order chi connectivity index (χ1) is 11.6. The van der Waals surface area contributed by atoms with Crippen molar-refractivity contribution in [2.45, 2.75) is 24.9 Å². The maximum atomic E-state index is 13.7. The Morgan fingerprint density at radius 3 is 2.88 bits per heavy atom. The number of esters is 1. The number of hydrogen-bond donors (Lipinski definition) is 0. The van der Waals surface area contributed by atoms with E-state index in [4.69, 9.17) is 4.74 Å². The van der Waals surface area contributed by atoms with Gasteiger partial charge in [0.15, 0.2) is 5.65 Å². The fourth-order valence-corrected chi connectivity index (χ4v) is 3.10. The van der Waals surface area contributed by atoms with Crippen LogP contribution in [0.25, 0.3) is 11.0 Å². The summed E-state index contributed by atoms with van der Waals surface area (Å²) in [5.41, 5.74) is 1.82. The van der Waals surface area contributed by atoms with Gasteiger partial charge in [0.2, 0.25) is 0 Å². The first kappa shape index (κ1) is 14.8. The molecule has 0 bridgehead atoms. The second-order valence-electron chi connectivity index (χ2n) is 6.12. The number of aromatic nitrogens is 3. The summed E-state index contributed by atoms with van der Waals surface area (Å²) in [6, 6.07) is 8.48. The predicted octanol–water partition coefficient (Wildman–Crippen LogP) is 3.21. The van der Waals surface area contributed by atoms with E-state index in [-0.39, 0.29) is 17.8 Å². The van der Waals surface area contributed by atoms with Crippen LogP contribution in [0.5, 0.6) is 0 Å². The molecule has 0 unspecified atom stereocenters. The van der Waals surface area contributed by atoms with Crippen LogP contribution in [0.4, 0.5) is 4.39 Å². The van der Waals surface area contributed by atoms with Gasteiger partial charge >= 0.3 is 5.97 Å². The largest absolute Gasteiger partial charge is 0.459 e. The van der Waals surface area contributed by atoms with Crippen molar-refractivity contribution in [2.75, 3.05) is 0 Å². The molecule has 6 heteroatoms. The molecule has 2 aromatic heterocycles. The molecule has 0 aliphatic heterocycles. The average Bonchev–Trinajstić information content (AvgIpc) is 2.92. The lowest BCUT2D eigenvalue weighted by molar-refractivity contribution is 0.00173. The van der Waals surface area contributed by atoms with Crippen molar-refractivity contribution in [1.29, 1.82) is 0 Å². The maximum absolute atomic E-state index is 13.7. The van der Waals surface area contributed by atoms with Gasteiger partial charge in [-0.15, -0.1) is 0 Å². The number of aryl methyl sites for hydroxylation is 1. The number of pyridine rings is 1. The van der Waals surface area contributed by atoms with Gasteiger partial charge in [0, 0.05) is 18.6 Å². The summed E-state index contributed by atoms with van der Waals surface area (Å²) in [5, 5.41) is 4.90. The molecule has 0 N–H and O–H groups in total. The lowest BCUT2D eigenvalue weighted by Crippen LogP contribution is -2.32. The van der Waals surface area contributed by atoms with E-state index >= 15 is 0 Å². The molecule has 0 saturated heterocycles. The molecule has 5 nitrogen and oxygen atoms in total. The molecule has 0 atom stereocenters. The number of halogens is 1. The topological polar surface area (TPSA) is 57.0 Å². The van der Waals surface area contributed by atoms with E-state index in [9.17, 15) is 9.18 Å². The molecule has 1 aliphatic carbocycles. The fourth-order valence-electron chi connectivity index (χ4n) is 3.10. The fraction of sp³-hybridized carbons (Fsp3) is 0.278. The summed E-state index contributed by atoms with van der Waals surface area (Å²) in [6.07, 6.45) is 4.28. The van der Waals surface area contributed by atoms with Crippen LogP contribution in [0, 0.1) is 5.82 Å². The van der Waals surface area contributed by atoms with Crippen LogP contribution in [0.2, 0.25) is 0 Å². The lowest BCUT2D eigenvalue weighted by Gasteiger charge is -2.35. The van der Waals surface area contributed by atoms with Crippen molar-refractivity contribution in [3.8, 4) is 0 Å². The zero-order valence-electron chi connectivity index (χ0n) is 13.1. The highest BCUT2D eigenvalue weighted by Crippen LogP contribution is 2.40. The number of carbonyl (C=O) groups is 1. The Bertz CT molecular complexity index is 916. The number of benzene rings is 1. The SMILES string of the molecule is Cn1ncc2cc(C(=O)OC3CC(c4ccccc4F)C3)cnc21. The number of ether oxygens (including phenoxy) is 1. The van der Waals surface area contributed by atoms with E-state index in [0.717, 1.165) is 11.0 Å². The Morgan fingerprint density at radius 1 is 1.29 bits per heavy atom. The zero-order valence-corrected chi connectivity index (χ0v) is 13.1. The summed E-state index contributed by atoms with van der Waals surface area (Å²) in [5.74, 6) is -0.480. The Kier molecular flexibility index (Phi) is 3.52. The second kappa shape index (κ2) is 5.70. The molecule has 4 rings (SSSR count). The number of carbonyl (C=O) groups excluding carboxylic acids is 1. The zero-order chi connectivity index (χ0) is 16.7. The second-order valence-corrected chi connectivity index (χ2v) is 6.12. The summed E-state index contributed by atoms with van der Waals surface area (Å²) < 4.78 is 20.9. The molecule has 1 aromatic carbocycles. The number of rotatable bonds is 3. The third-order valence-corrected chi connectivity index (χ3v) is 4.52. The third kappa shape index (κ3) is 2.54. The van der Waals surface area contributed by atoms with Crippen molar-refractivity contribution in [2.24, 2.45) is 7.05 Å². The molecule has 0 amide bonds. The molecule has 0 radical (unpaired) electrons. The van der Waals surface area contributed by atoms with Crippen molar-refractivity contribution >= 4 is 17.0 Å². The molecule has 2 heterocycles. The molecule has 1 saturated carbocycles. The predicted molar refractivity (Wildman–Crippen MR) is 86.1 cm³/mol. The third-order valence-electron chi connectivity index (χ3n) is 4.52. The standard InChI is InChI=1S/C18H16FN3O2/c1-22-17-12(10-21-22)6-13(9-20-17)18(23)24-14-7-11(8-14)15-4-2-3-5-16(15)19/h2-6,9-11,14H,7-8H2,1H3. The monoisotopic (exact) mass is 325 g/mol. The number of hydrogen-bond acceptors (Lipinski definition) is 4. The first-order valence-corrected chi connectivity index (χ1v) is 7.85.